The Bertz CT molecular complexity index is 496. The highest BCUT2D eigenvalue weighted by molar-refractivity contribution is 7.91. The van der Waals surface area contributed by atoms with Gasteiger partial charge in [0, 0.05) is 14.0 Å². The maximum atomic E-state index is 11.3. The van der Waals surface area contributed by atoms with Gasteiger partial charge in [0.15, 0.2) is 0 Å². The average molecular weight is 258 g/mol. The van der Waals surface area contributed by atoms with Crippen LogP contribution in [0.5, 0.6) is 0 Å². The molecule has 0 bridgehead atoms. The summed E-state index contributed by atoms with van der Waals surface area (Å²) in [4.78, 5) is 11.2. The molecule has 17 heavy (non-hydrogen) atoms. The molecule has 94 valence electrons. The van der Waals surface area contributed by atoms with Gasteiger partial charge in [0.2, 0.25) is 15.7 Å². The van der Waals surface area contributed by atoms with Crippen molar-refractivity contribution in [2.45, 2.75) is 11.8 Å². The van der Waals surface area contributed by atoms with Crippen molar-refractivity contribution in [1.82, 2.24) is 5.43 Å². The summed E-state index contributed by atoms with van der Waals surface area (Å²) in [5.74, 6) is -1.15. The van der Waals surface area contributed by atoms with Crippen molar-refractivity contribution in [2.75, 3.05) is 18.0 Å². The van der Waals surface area contributed by atoms with Crippen LogP contribution in [0.25, 0.3) is 0 Å². The van der Waals surface area contributed by atoms with E-state index in [-0.39, 0.29) is 10.8 Å². The van der Waals surface area contributed by atoms with Crippen LogP contribution in [0.15, 0.2) is 29.2 Å². The van der Waals surface area contributed by atoms with Crippen LogP contribution in [0, 0.1) is 0 Å². The van der Waals surface area contributed by atoms with Crippen LogP contribution in [-0.2, 0) is 14.6 Å². The third-order valence-electron chi connectivity index (χ3n) is 2.16. The second kappa shape index (κ2) is 5.26. The summed E-state index contributed by atoms with van der Waals surface area (Å²) in [7, 11) is -2.05. The molecule has 0 aliphatic heterocycles. The fourth-order valence-corrected chi connectivity index (χ4v) is 2.05. The molecule has 1 aromatic rings. The highest BCUT2D eigenvalue weighted by Crippen LogP contribution is 2.17. The fraction of sp³-hybridized carbons (Fsp3) is 0.300. The summed E-state index contributed by atoms with van der Waals surface area (Å²) in [6.07, 6.45) is 0. The number of hydrogen-bond donors (Lipinski definition) is 2. The van der Waals surface area contributed by atoms with E-state index in [0.717, 1.165) is 0 Å². The summed E-state index contributed by atoms with van der Waals surface area (Å²) in [6.45, 7) is 1.38. The van der Waals surface area contributed by atoms with E-state index in [9.17, 15) is 13.2 Å². The first-order chi connectivity index (χ1) is 7.92. The van der Waals surface area contributed by atoms with Crippen molar-refractivity contribution in [3.8, 4) is 0 Å². The minimum atomic E-state index is -3.64. The van der Waals surface area contributed by atoms with Crippen LogP contribution in [0.4, 0.5) is 5.69 Å². The first-order valence-electron chi connectivity index (χ1n) is 4.84. The molecule has 0 radical (unpaired) electrons. The Hall–Kier alpha value is -1.44. The quantitative estimate of drug-likeness (QED) is 0.736. The molecule has 0 heterocycles. The Balaban J connectivity index is 3.07. The molecule has 0 unspecified atom stereocenters. The number of hydrazine groups is 1. The molecule has 7 heteroatoms. The highest BCUT2D eigenvalue weighted by Gasteiger charge is 2.14. The number of carbonyl (C=O) groups excluding carboxylic acids is 1. The van der Waals surface area contributed by atoms with E-state index in [1.54, 1.807) is 7.05 Å². The normalized spacial score (nSPS) is 11.2. The molecule has 0 saturated carbocycles. The summed E-state index contributed by atoms with van der Waals surface area (Å²) >= 11 is 0. The molecule has 0 saturated heterocycles. The molecule has 0 atom stereocenters. The van der Waals surface area contributed by atoms with Gasteiger partial charge in [-0.05, 0) is 24.3 Å². The second-order valence-electron chi connectivity index (χ2n) is 3.32. The highest BCUT2D eigenvalue weighted by atomic mass is 32.2. The topological polar surface area (TPSA) is 86.7 Å². The Morgan fingerprint density at radius 1 is 1.35 bits per heavy atom. The number of benzene rings is 1. The third-order valence-corrected chi connectivity index (χ3v) is 3.49. The maximum absolute atomic E-state index is 11.3. The van der Waals surface area contributed by atoms with Crippen LogP contribution in [0.3, 0.4) is 0 Å². The fourth-order valence-electron chi connectivity index (χ4n) is 1.35. The second-order valence-corrected chi connectivity index (χ2v) is 5.27. The average Bonchev–Trinajstić information content (AvgIpc) is 2.30. The number of carbonyl (C=O) groups is 1. The zero-order valence-corrected chi connectivity index (χ0v) is 10.4. The van der Waals surface area contributed by atoms with E-state index >= 15 is 0 Å². The van der Waals surface area contributed by atoms with Crippen LogP contribution in [-0.4, -0.2) is 32.4 Å². The molecular weight excluding hydrogens is 244 g/mol. The number of rotatable bonds is 4. The first kappa shape index (κ1) is 13.6. The van der Waals surface area contributed by atoms with Crippen LogP contribution in [0.1, 0.15) is 6.92 Å². The standard InChI is InChI=1S/C10H14N2O4S/c1-8(14)12(11-2)9-3-5-10(6-4-9)17(15,16)7-13/h3-6,11,13H,7H2,1-2H3. The van der Waals surface area contributed by atoms with Crippen molar-refractivity contribution in [2.24, 2.45) is 0 Å². The monoisotopic (exact) mass is 258 g/mol. The molecule has 6 nitrogen and oxygen atoms in total. The summed E-state index contributed by atoms with van der Waals surface area (Å²) in [5.41, 5.74) is 3.20. The summed E-state index contributed by atoms with van der Waals surface area (Å²) in [6, 6.07) is 5.66. The Morgan fingerprint density at radius 3 is 2.24 bits per heavy atom. The van der Waals surface area contributed by atoms with E-state index in [1.165, 1.54) is 36.2 Å². The number of nitrogens with zero attached hydrogens (tertiary/aromatic N) is 1. The van der Waals surface area contributed by atoms with E-state index in [0.29, 0.717) is 5.69 Å². The lowest BCUT2D eigenvalue weighted by Gasteiger charge is -2.19. The predicted octanol–water partition coefficient (Wildman–Crippen LogP) is -0.103. The number of amides is 1. The van der Waals surface area contributed by atoms with Crippen LogP contribution in [0.2, 0.25) is 0 Å². The summed E-state index contributed by atoms with van der Waals surface area (Å²) in [5, 5.41) is 9.97. The van der Waals surface area contributed by atoms with Gasteiger partial charge >= 0.3 is 0 Å². The van der Waals surface area contributed by atoms with Crippen molar-refractivity contribution in [3.05, 3.63) is 24.3 Å². The molecule has 1 amide bonds. The number of hydrogen-bond acceptors (Lipinski definition) is 5. The van der Waals surface area contributed by atoms with E-state index in [2.05, 4.69) is 5.43 Å². The van der Waals surface area contributed by atoms with Gasteiger partial charge in [-0.2, -0.15) is 0 Å². The van der Waals surface area contributed by atoms with Gasteiger partial charge in [-0.1, -0.05) is 0 Å². The van der Waals surface area contributed by atoms with Crippen molar-refractivity contribution in [1.29, 1.82) is 0 Å². The minimum absolute atomic E-state index is 0.0170. The molecule has 1 aromatic carbocycles. The third kappa shape index (κ3) is 3.02. The molecule has 0 spiro atoms. The van der Waals surface area contributed by atoms with Crippen molar-refractivity contribution in [3.63, 3.8) is 0 Å². The molecule has 0 aliphatic carbocycles. The molecular formula is C10H14N2O4S. The smallest absolute Gasteiger partial charge is 0.238 e. The Kier molecular flexibility index (Phi) is 4.22. The van der Waals surface area contributed by atoms with E-state index in [4.69, 9.17) is 5.11 Å². The molecule has 2 N–H and O–H groups in total. The van der Waals surface area contributed by atoms with Crippen molar-refractivity contribution < 1.29 is 18.3 Å². The largest absolute Gasteiger partial charge is 0.380 e. The van der Waals surface area contributed by atoms with E-state index in [1.807, 2.05) is 0 Å². The lowest BCUT2D eigenvalue weighted by atomic mass is 10.3. The van der Waals surface area contributed by atoms with Gasteiger partial charge in [0.05, 0.1) is 10.6 Å². The van der Waals surface area contributed by atoms with Gasteiger partial charge in [-0.25, -0.2) is 18.9 Å². The SMILES string of the molecule is CNN(C(C)=O)c1ccc(S(=O)(=O)CO)cc1. The van der Waals surface area contributed by atoms with E-state index < -0.39 is 15.8 Å². The number of anilines is 1. The molecule has 0 aromatic heterocycles. The summed E-state index contributed by atoms with van der Waals surface area (Å²) < 4.78 is 22.7. The van der Waals surface area contributed by atoms with Crippen LogP contribution < -0.4 is 10.4 Å². The molecule has 0 aliphatic rings. The predicted molar refractivity (Wildman–Crippen MR) is 62.9 cm³/mol. The molecule has 0 fully saturated rings. The Morgan fingerprint density at radius 2 is 1.88 bits per heavy atom. The Labute approximate surface area is 99.8 Å². The van der Waals surface area contributed by atoms with Gasteiger partial charge in [-0.3, -0.25) is 4.79 Å². The van der Waals surface area contributed by atoms with Gasteiger partial charge in [0.25, 0.3) is 0 Å². The van der Waals surface area contributed by atoms with Gasteiger partial charge in [0.1, 0.15) is 5.94 Å². The number of aliphatic hydroxyl groups is 1. The zero-order valence-electron chi connectivity index (χ0n) is 9.54. The number of aliphatic hydroxyl groups excluding tert-OH is 1. The number of sulfone groups is 1. The molecule has 1 rings (SSSR count). The van der Waals surface area contributed by atoms with Crippen LogP contribution >= 0.6 is 0 Å². The van der Waals surface area contributed by atoms with Crippen molar-refractivity contribution >= 4 is 21.4 Å². The first-order valence-corrected chi connectivity index (χ1v) is 6.49. The lowest BCUT2D eigenvalue weighted by Crippen LogP contribution is -2.38. The van der Waals surface area contributed by atoms with Gasteiger partial charge < -0.3 is 5.11 Å². The lowest BCUT2D eigenvalue weighted by molar-refractivity contribution is -0.117. The minimum Gasteiger partial charge on any atom is -0.380 e. The zero-order chi connectivity index (χ0) is 13.1. The maximum Gasteiger partial charge on any atom is 0.238 e. The number of nitrogens with one attached hydrogen (secondary N) is 1. The van der Waals surface area contributed by atoms with Gasteiger partial charge in [-0.15, -0.1) is 0 Å².